The summed E-state index contributed by atoms with van der Waals surface area (Å²) in [5.41, 5.74) is 0.504. The fraction of sp³-hybridized carbons (Fsp3) is 0.632. The first kappa shape index (κ1) is 22.2. The van der Waals surface area contributed by atoms with Gasteiger partial charge in [0.25, 0.3) is 0 Å². The Kier molecular flexibility index (Phi) is 6.08. The van der Waals surface area contributed by atoms with Crippen LogP contribution in [-0.4, -0.2) is 77.9 Å². The molecule has 3 aliphatic heterocycles. The summed E-state index contributed by atoms with van der Waals surface area (Å²) in [5.74, 6) is -3.11. The van der Waals surface area contributed by atoms with E-state index in [1.807, 2.05) is 0 Å². The number of hydrogen-bond acceptors (Lipinski definition) is 7. The van der Waals surface area contributed by atoms with Crippen molar-refractivity contribution in [2.75, 3.05) is 26.2 Å². The number of ether oxygens (including phenoxy) is 1. The van der Waals surface area contributed by atoms with Gasteiger partial charge in [0.05, 0.1) is 5.92 Å². The molecule has 0 bridgehead atoms. The number of fused-ring (bicyclic) bond motifs is 1. The van der Waals surface area contributed by atoms with Crippen LogP contribution in [0.1, 0.15) is 22.3 Å². The van der Waals surface area contributed by atoms with E-state index in [0.29, 0.717) is 24.8 Å². The number of nitrogens with zero attached hydrogens (tertiary/aromatic N) is 1. The monoisotopic (exact) mass is 444 g/mol. The third-order valence-electron chi connectivity index (χ3n) is 6.14. The first-order valence-electron chi connectivity index (χ1n) is 10.2. The molecule has 3 atom stereocenters. The highest BCUT2D eigenvalue weighted by Gasteiger charge is 2.46. The number of carboxylic acids is 1. The third kappa shape index (κ3) is 4.62. The largest absolute Gasteiger partial charge is 0.535 e. The third-order valence-corrected chi connectivity index (χ3v) is 6.14. The zero-order chi connectivity index (χ0) is 22.3. The van der Waals surface area contributed by atoms with Crippen molar-refractivity contribution in [3.8, 4) is 11.5 Å². The van der Waals surface area contributed by atoms with Crippen LogP contribution in [0, 0.1) is 11.8 Å². The van der Waals surface area contributed by atoms with E-state index in [1.165, 1.54) is 0 Å². The zero-order valence-corrected chi connectivity index (χ0v) is 16.6. The lowest BCUT2D eigenvalue weighted by molar-refractivity contribution is -0.193. The second-order valence-electron chi connectivity index (χ2n) is 8.34. The van der Waals surface area contributed by atoms with E-state index >= 15 is 0 Å². The SMILES string of the molecule is O=C(O)c1c(OC2CN(C(O)C3CNCC(C(F)(F)F)C3)C2)ccc2c1OB(O)CC2. The predicted octanol–water partition coefficient (Wildman–Crippen LogP) is 0.970. The van der Waals surface area contributed by atoms with Gasteiger partial charge in [0.1, 0.15) is 29.4 Å². The van der Waals surface area contributed by atoms with Crippen molar-refractivity contribution in [3.05, 3.63) is 23.3 Å². The molecule has 31 heavy (non-hydrogen) atoms. The number of aliphatic hydroxyl groups is 1. The van der Waals surface area contributed by atoms with Gasteiger partial charge in [-0.05, 0) is 30.8 Å². The van der Waals surface area contributed by atoms with E-state index in [2.05, 4.69) is 5.32 Å². The van der Waals surface area contributed by atoms with E-state index < -0.39 is 43.4 Å². The van der Waals surface area contributed by atoms with Gasteiger partial charge in [-0.3, -0.25) is 4.90 Å². The molecule has 4 rings (SSSR count). The van der Waals surface area contributed by atoms with Gasteiger partial charge in [-0.2, -0.15) is 13.2 Å². The highest BCUT2D eigenvalue weighted by atomic mass is 19.4. The van der Waals surface area contributed by atoms with Gasteiger partial charge >= 0.3 is 19.3 Å². The number of carboxylic acid groups (broad SMARTS) is 1. The molecule has 0 saturated carbocycles. The van der Waals surface area contributed by atoms with Gasteiger partial charge in [-0.1, -0.05) is 6.07 Å². The molecule has 0 aliphatic carbocycles. The average molecular weight is 444 g/mol. The number of piperidine rings is 1. The number of alkyl halides is 3. The van der Waals surface area contributed by atoms with Crippen LogP contribution >= 0.6 is 0 Å². The molecule has 3 unspecified atom stereocenters. The fourth-order valence-corrected chi connectivity index (χ4v) is 4.40. The number of aliphatic hydroxyl groups excluding tert-OH is 1. The van der Waals surface area contributed by atoms with E-state index in [9.17, 15) is 33.2 Å². The number of likely N-dealkylation sites (tertiary alicyclic amines) is 1. The quantitative estimate of drug-likeness (QED) is 0.498. The maximum absolute atomic E-state index is 13.0. The molecular formula is C19H24BF3N2O6. The number of benzene rings is 1. The first-order chi connectivity index (χ1) is 14.6. The summed E-state index contributed by atoms with van der Waals surface area (Å²) >= 11 is 0. The van der Waals surface area contributed by atoms with Crippen LogP contribution in [0.15, 0.2) is 12.1 Å². The van der Waals surface area contributed by atoms with Gasteiger partial charge in [0, 0.05) is 32.1 Å². The van der Waals surface area contributed by atoms with Crippen LogP contribution in [0.5, 0.6) is 11.5 Å². The van der Waals surface area contributed by atoms with Crippen molar-refractivity contribution in [2.45, 2.75) is 37.7 Å². The highest BCUT2D eigenvalue weighted by Crippen LogP contribution is 2.38. The molecule has 8 nitrogen and oxygen atoms in total. The number of rotatable bonds is 5. The normalized spacial score (nSPS) is 25.9. The van der Waals surface area contributed by atoms with Crippen LogP contribution in [0.3, 0.4) is 0 Å². The number of aromatic carboxylic acids is 1. The standard InChI is InChI=1S/C19H24BF3N2O6/c21-19(22,23)12-5-11(6-24-7-12)17(26)25-8-13(9-25)30-14-2-1-10-3-4-20(29)31-16(10)15(14)18(27)28/h1-2,11-13,17,24,26,29H,3-9H2,(H,27,28). The summed E-state index contributed by atoms with van der Waals surface area (Å²) in [4.78, 5) is 13.4. The number of nitrogens with one attached hydrogen (secondary N) is 1. The number of aryl methyl sites for hydroxylation is 1. The molecule has 2 saturated heterocycles. The summed E-state index contributed by atoms with van der Waals surface area (Å²) in [6.07, 6.45) is -5.07. The maximum Gasteiger partial charge on any atom is 0.522 e. The highest BCUT2D eigenvalue weighted by molar-refractivity contribution is 6.44. The Morgan fingerprint density at radius 1 is 1.32 bits per heavy atom. The Morgan fingerprint density at radius 3 is 2.74 bits per heavy atom. The average Bonchev–Trinajstić information content (AvgIpc) is 2.68. The molecule has 4 N–H and O–H groups in total. The Morgan fingerprint density at radius 2 is 2.06 bits per heavy atom. The first-order valence-corrected chi connectivity index (χ1v) is 10.2. The van der Waals surface area contributed by atoms with E-state index in [-0.39, 0.29) is 43.1 Å². The van der Waals surface area contributed by atoms with Gasteiger partial charge in [-0.25, -0.2) is 4.79 Å². The molecule has 0 radical (unpaired) electrons. The minimum atomic E-state index is -4.30. The molecular weight excluding hydrogens is 420 g/mol. The smallest absolute Gasteiger partial charge is 0.522 e. The Hall–Kier alpha value is -2.02. The lowest BCUT2D eigenvalue weighted by atomic mass is 9.78. The Labute approximate surface area is 177 Å². The number of halogens is 3. The van der Waals surface area contributed by atoms with Crippen molar-refractivity contribution in [3.63, 3.8) is 0 Å². The molecule has 0 amide bonds. The summed E-state index contributed by atoms with van der Waals surface area (Å²) in [6.45, 7) is 0.664. The molecule has 2 fully saturated rings. The topological polar surface area (TPSA) is 111 Å². The summed E-state index contributed by atoms with van der Waals surface area (Å²) < 4.78 is 50.1. The summed E-state index contributed by atoms with van der Waals surface area (Å²) in [6, 6.07) is 3.24. The molecule has 170 valence electrons. The van der Waals surface area contributed by atoms with Crippen LogP contribution in [0.2, 0.25) is 6.32 Å². The summed E-state index contributed by atoms with van der Waals surface area (Å²) in [5, 5.41) is 32.6. The van der Waals surface area contributed by atoms with Crippen molar-refractivity contribution in [2.24, 2.45) is 11.8 Å². The minimum absolute atomic E-state index is 0.0893. The molecule has 3 aliphatic rings. The molecule has 3 heterocycles. The van der Waals surface area contributed by atoms with Crippen LogP contribution in [0.25, 0.3) is 0 Å². The van der Waals surface area contributed by atoms with Crippen molar-refractivity contribution in [1.82, 2.24) is 10.2 Å². The van der Waals surface area contributed by atoms with Gasteiger partial charge in [0.2, 0.25) is 0 Å². The van der Waals surface area contributed by atoms with Gasteiger partial charge in [-0.15, -0.1) is 0 Å². The Bertz CT molecular complexity index is 836. The van der Waals surface area contributed by atoms with Gasteiger partial charge in [0.15, 0.2) is 0 Å². The number of hydrogen-bond donors (Lipinski definition) is 4. The second kappa shape index (κ2) is 8.49. The Balaban J connectivity index is 1.38. The van der Waals surface area contributed by atoms with E-state index in [1.54, 1.807) is 17.0 Å². The maximum atomic E-state index is 13.0. The van der Waals surface area contributed by atoms with Crippen molar-refractivity contribution < 1.29 is 42.6 Å². The van der Waals surface area contributed by atoms with Crippen molar-refractivity contribution in [1.29, 1.82) is 0 Å². The molecule has 12 heteroatoms. The van der Waals surface area contributed by atoms with E-state index in [4.69, 9.17) is 9.39 Å². The summed E-state index contributed by atoms with van der Waals surface area (Å²) in [7, 11) is -1.08. The molecule has 0 spiro atoms. The molecule has 1 aromatic carbocycles. The lowest BCUT2D eigenvalue weighted by Gasteiger charge is -2.46. The van der Waals surface area contributed by atoms with Crippen LogP contribution < -0.4 is 14.7 Å². The van der Waals surface area contributed by atoms with Crippen LogP contribution in [-0.2, 0) is 6.42 Å². The predicted molar refractivity (Wildman–Crippen MR) is 103 cm³/mol. The van der Waals surface area contributed by atoms with E-state index in [0.717, 1.165) is 0 Å². The number of carbonyl (C=O) groups is 1. The fourth-order valence-electron chi connectivity index (χ4n) is 4.40. The molecule has 1 aromatic rings. The lowest BCUT2D eigenvalue weighted by Crippen LogP contribution is -2.61. The second-order valence-corrected chi connectivity index (χ2v) is 8.34. The van der Waals surface area contributed by atoms with Crippen molar-refractivity contribution >= 4 is 13.1 Å². The minimum Gasteiger partial charge on any atom is -0.535 e. The van der Waals surface area contributed by atoms with Crippen LogP contribution in [0.4, 0.5) is 13.2 Å². The zero-order valence-electron chi connectivity index (χ0n) is 16.6. The molecule has 0 aromatic heterocycles. The van der Waals surface area contributed by atoms with Gasteiger partial charge < -0.3 is 29.9 Å².